The summed E-state index contributed by atoms with van der Waals surface area (Å²) in [5, 5.41) is 7.00. The molecule has 1 N–H and O–H groups in total. The van der Waals surface area contributed by atoms with Gasteiger partial charge in [0, 0.05) is 45.4 Å². The largest absolute Gasteiger partial charge is 0.400 e. The molecule has 0 saturated carbocycles. The molecule has 0 aromatic heterocycles. The summed E-state index contributed by atoms with van der Waals surface area (Å²) in [7, 11) is 1.00. The molecule has 2 rings (SSSR count). The zero-order chi connectivity index (χ0) is 18.0. The van der Waals surface area contributed by atoms with Crippen molar-refractivity contribution in [1.29, 1.82) is 0 Å². The second kappa shape index (κ2) is 17.2. The van der Waals surface area contributed by atoms with Gasteiger partial charge in [-0.05, 0) is 44.5 Å². The van der Waals surface area contributed by atoms with Crippen LogP contribution >= 0.6 is 0 Å². The number of carbonyl (C=O) groups is 2. The van der Waals surface area contributed by atoms with Gasteiger partial charge in [0.15, 0.2) is 5.78 Å². The third-order valence-electron chi connectivity index (χ3n) is 2.92. The Bertz CT molecular complexity index is 670. The van der Waals surface area contributed by atoms with Crippen LogP contribution < -0.4 is 0 Å². The number of Topliss-reactive ketones (excluding diaryl/α,β-unsaturated/α-hetero) is 2. The number of aryl methyl sites for hydroxylation is 2. The molecule has 26 heavy (non-hydrogen) atoms. The van der Waals surface area contributed by atoms with Crippen molar-refractivity contribution in [2.75, 3.05) is 7.11 Å². The minimum atomic E-state index is -0.269. The van der Waals surface area contributed by atoms with E-state index < -0.39 is 0 Å². The van der Waals surface area contributed by atoms with Gasteiger partial charge >= 0.3 is 0 Å². The SMILES string of the molecule is C.CC(=O)c1cc[c-]c(C)c1.CC(=O)c1ccc(F)c(C)c1.CO.[CH3-].[Y]. The van der Waals surface area contributed by atoms with Crippen LogP contribution in [0.15, 0.2) is 36.4 Å². The fraction of sp³-hybridized carbons (Fsp3) is 0.286. The topological polar surface area (TPSA) is 54.4 Å². The number of hydrogen-bond acceptors (Lipinski definition) is 3. The Labute approximate surface area is 182 Å². The van der Waals surface area contributed by atoms with Gasteiger partial charge in [-0.25, -0.2) is 4.39 Å². The van der Waals surface area contributed by atoms with E-state index in [1.54, 1.807) is 32.0 Å². The molecule has 0 fully saturated rings. The Morgan fingerprint density at radius 3 is 1.77 bits per heavy atom. The van der Waals surface area contributed by atoms with E-state index >= 15 is 0 Å². The first-order valence-corrected chi connectivity index (χ1v) is 7.02. The summed E-state index contributed by atoms with van der Waals surface area (Å²) in [5.74, 6) is -0.194. The molecule has 143 valence electrons. The monoisotopic (exact) mass is 437 g/mol. The maximum absolute atomic E-state index is 12.7. The molecule has 0 amide bonds. The molecule has 0 spiro atoms. The van der Waals surface area contributed by atoms with E-state index in [0.717, 1.165) is 18.2 Å². The van der Waals surface area contributed by atoms with Crippen LogP contribution in [0.25, 0.3) is 0 Å². The van der Waals surface area contributed by atoms with E-state index in [0.29, 0.717) is 11.1 Å². The molecule has 0 atom stereocenters. The van der Waals surface area contributed by atoms with Gasteiger partial charge in [-0.2, -0.15) is 29.8 Å². The summed E-state index contributed by atoms with van der Waals surface area (Å²) in [6.45, 7) is 6.59. The molecule has 0 saturated heterocycles. The van der Waals surface area contributed by atoms with E-state index in [1.165, 1.54) is 19.1 Å². The first kappa shape index (κ1) is 32.4. The smallest absolute Gasteiger partial charge is 0.159 e. The van der Waals surface area contributed by atoms with Gasteiger partial charge in [0.1, 0.15) is 11.6 Å². The number of ketones is 2. The zero-order valence-corrected chi connectivity index (χ0v) is 18.5. The van der Waals surface area contributed by atoms with Crippen LogP contribution in [0.2, 0.25) is 0 Å². The second-order valence-electron chi connectivity index (χ2n) is 4.84. The molecule has 3 nitrogen and oxygen atoms in total. The molecular weight excluding hydrogens is 408 g/mol. The molecule has 5 heteroatoms. The van der Waals surface area contributed by atoms with Gasteiger partial charge in [0.05, 0.1) is 0 Å². The predicted octanol–water partition coefficient (Wildman–Crippen LogP) is 5.03. The van der Waals surface area contributed by atoms with E-state index in [1.807, 2.05) is 13.0 Å². The van der Waals surface area contributed by atoms with Crippen molar-refractivity contribution >= 4 is 11.6 Å². The van der Waals surface area contributed by atoms with Crippen LogP contribution in [0.3, 0.4) is 0 Å². The Morgan fingerprint density at radius 2 is 1.42 bits per heavy atom. The maximum atomic E-state index is 12.7. The van der Waals surface area contributed by atoms with Gasteiger partial charge in [0.2, 0.25) is 0 Å². The van der Waals surface area contributed by atoms with Gasteiger partial charge in [0.25, 0.3) is 0 Å². The number of hydrogen-bond donors (Lipinski definition) is 1. The predicted molar refractivity (Wildman–Crippen MR) is 102 cm³/mol. The number of aliphatic hydroxyl groups is 1. The van der Waals surface area contributed by atoms with Crippen LogP contribution in [0.5, 0.6) is 0 Å². The quantitative estimate of drug-likeness (QED) is 0.530. The van der Waals surface area contributed by atoms with Gasteiger partial charge in [-0.3, -0.25) is 9.59 Å². The van der Waals surface area contributed by atoms with Crippen LogP contribution in [0.4, 0.5) is 4.39 Å². The van der Waals surface area contributed by atoms with Crippen molar-refractivity contribution in [2.24, 2.45) is 0 Å². The maximum Gasteiger partial charge on any atom is 0.159 e. The Hall–Kier alpha value is -1.23. The third kappa shape index (κ3) is 12.2. The molecule has 2 aromatic rings. The fourth-order valence-electron chi connectivity index (χ4n) is 1.67. The number of benzene rings is 2. The van der Waals surface area contributed by atoms with Crippen LogP contribution in [0, 0.1) is 33.2 Å². The molecule has 1 radical (unpaired) electrons. The van der Waals surface area contributed by atoms with Crippen LogP contribution in [0.1, 0.15) is 53.1 Å². The standard InChI is InChI=1S/C9H9FO.C9H9O.CH4O.CH4.CH3.Y/c1-6-5-8(7(2)11)3-4-9(6)10;1-7-4-3-5-9(6-7)8(2)10;1-2;;;/h3-5H,1-2H3;3,5-6H,1-2H3;2H,1H3;1H4;1H3;/q;-1;;;-1;. The van der Waals surface area contributed by atoms with Crippen molar-refractivity contribution in [3.05, 3.63) is 78.0 Å². The average molecular weight is 437 g/mol. The minimum absolute atomic E-state index is 0. The normalized spacial score (nSPS) is 7.96. The summed E-state index contributed by atoms with van der Waals surface area (Å²) in [6, 6.07) is 12.7. The second-order valence-corrected chi connectivity index (χ2v) is 4.84. The van der Waals surface area contributed by atoms with Gasteiger partial charge in [-0.15, -0.1) is 0 Å². The van der Waals surface area contributed by atoms with Crippen LogP contribution in [-0.2, 0) is 32.7 Å². The average Bonchev–Trinajstić information content (AvgIpc) is 2.52. The third-order valence-corrected chi connectivity index (χ3v) is 2.92. The van der Waals surface area contributed by atoms with E-state index in [4.69, 9.17) is 5.11 Å². The molecule has 2 aromatic carbocycles. The van der Waals surface area contributed by atoms with Crippen molar-refractivity contribution in [2.45, 2.75) is 35.1 Å². The molecule has 0 aliphatic heterocycles. The summed E-state index contributed by atoms with van der Waals surface area (Å²) < 4.78 is 12.7. The van der Waals surface area contributed by atoms with Gasteiger partial charge < -0.3 is 12.5 Å². The van der Waals surface area contributed by atoms with Crippen molar-refractivity contribution in [1.82, 2.24) is 0 Å². The molecule has 0 heterocycles. The van der Waals surface area contributed by atoms with Gasteiger partial charge in [-0.1, -0.05) is 19.9 Å². The molecule has 0 unspecified atom stereocenters. The number of halogens is 1. The van der Waals surface area contributed by atoms with E-state index in [9.17, 15) is 14.0 Å². The number of rotatable bonds is 2. The van der Waals surface area contributed by atoms with Crippen molar-refractivity contribution < 1.29 is 51.8 Å². The number of aliphatic hydroxyl groups excluding tert-OH is 1. The fourth-order valence-corrected chi connectivity index (χ4v) is 1.67. The molecule has 0 aliphatic carbocycles. The number of carbonyl (C=O) groups excluding carboxylic acids is 2. The van der Waals surface area contributed by atoms with E-state index in [2.05, 4.69) is 6.07 Å². The first-order valence-electron chi connectivity index (χ1n) is 7.02. The van der Waals surface area contributed by atoms with Crippen molar-refractivity contribution in [3.8, 4) is 0 Å². The minimum Gasteiger partial charge on any atom is -0.400 e. The zero-order valence-electron chi connectivity index (χ0n) is 15.7. The van der Waals surface area contributed by atoms with Crippen molar-refractivity contribution in [3.63, 3.8) is 0 Å². The summed E-state index contributed by atoms with van der Waals surface area (Å²) >= 11 is 0. The Kier molecular flexibility index (Phi) is 21.5. The summed E-state index contributed by atoms with van der Waals surface area (Å²) in [5.41, 5.74) is 2.84. The molecule has 0 aliphatic rings. The van der Waals surface area contributed by atoms with E-state index in [-0.39, 0.29) is 64.9 Å². The first-order chi connectivity index (χ1) is 10.8. The Morgan fingerprint density at radius 1 is 0.962 bits per heavy atom. The summed E-state index contributed by atoms with van der Waals surface area (Å²) in [6.07, 6.45) is 0. The molecule has 0 bridgehead atoms. The molecular formula is C21H29FO3Y-2. The summed E-state index contributed by atoms with van der Waals surface area (Å²) in [4.78, 5) is 21.6. The van der Waals surface area contributed by atoms with Crippen LogP contribution in [-0.4, -0.2) is 23.8 Å². The Balaban J connectivity index is -0.000000154.